The Balaban J connectivity index is 2.04. The molecule has 0 N–H and O–H groups in total. The predicted molar refractivity (Wildman–Crippen MR) is 75.0 cm³/mol. The van der Waals surface area contributed by atoms with Crippen LogP contribution in [0.1, 0.15) is 12.0 Å². The third kappa shape index (κ3) is 3.30. The van der Waals surface area contributed by atoms with Crippen molar-refractivity contribution in [3.8, 4) is 5.75 Å². The highest BCUT2D eigenvalue weighted by molar-refractivity contribution is 8.05. The normalized spacial score (nSPS) is 19.4. The third-order valence-corrected chi connectivity index (χ3v) is 4.03. The summed E-state index contributed by atoms with van der Waals surface area (Å²) in [7, 11) is -1.94. The number of nitrogens with zero attached hydrogens (tertiary/aromatic N) is 1. The van der Waals surface area contributed by atoms with E-state index in [4.69, 9.17) is 9.57 Å². The van der Waals surface area contributed by atoms with E-state index in [0.29, 0.717) is 0 Å². The fourth-order valence-electron chi connectivity index (χ4n) is 1.79. The molecule has 0 spiro atoms. The van der Waals surface area contributed by atoms with Gasteiger partial charge in [0.2, 0.25) is 9.84 Å². The first-order valence-corrected chi connectivity index (χ1v) is 7.81. The highest BCUT2D eigenvalue weighted by Gasteiger charge is 2.34. The molecule has 0 fully saturated rings. The van der Waals surface area contributed by atoms with E-state index in [1.54, 1.807) is 19.3 Å². The maximum atomic E-state index is 11.4. The molecular weight excluding hydrogens is 282 g/mol. The van der Waals surface area contributed by atoms with E-state index in [0.717, 1.165) is 17.6 Å². The highest BCUT2D eigenvalue weighted by atomic mass is 32.2. The van der Waals surface area contributed by atoms with Crippen molar-refractivity contribution in [2.24, 2.45) is 0 Å². The van der Waals surface area contributed by atoms with Crippen LogP contribution in [0.4, 0.5) is 0 Å². The maximum Gasteiger partial charge on any atom is 0.335 e. The zero-order chi connectivity index (χ0) is 14.8. The van der Waals surface area contributed by atoms with Gasteiger partial charge in [-0.15, -0.1) is 0 Å². The van der Waals surface area contributed by atoms with Crippen molar-refractivity contribution >= 4 is 21.0 Å². The van der Waals surface area contributed by atoms with Crippen LogP contribution in [0.3, 0.4) is 0 Å². The topological polar surface area (TPSA) is 78.7 Å². The van der Waals surface area contributed by atoms with Crippen molar-refractivity contribution in [3.05, 3.63) is 41.1 Å². The van der Waals surface area contributed by atoms with Crippen molar-refractivity contribution in [2.75, 3.05) is 13.4 Å². The summed E-state index contributed by atoms with van der Waals surface area (Å²) in [6, 6.07) is 7.31. The molecule has 2 rings (SSSR count). The van der Waals surface area contributed by atoms with Crippen molar-refractivity contribution in [3.63, 3.8) is 0 Å². The standard InChI is InChI=1S/C13H15NO5S/c1-18-11-6-3-10(4-7-11)5-8-12-9-13(14(15)19-12)20(2,16)17/h3-8,12H,9H2,1-2H3/b8-5+. The second-order valence-electron chi connectivity index (χ2n) is 4.40. The number of hydrogen-bond donors (Lipinski definition) is 0. The number of rotatable bonds is 3. The number of hydrogen-bond acceptors (Lipinski definition) is 5. The summed E-state index contributed by atoms with van der Waals surface area (Å²) in [4.78, 5) is 5.00. The molecule has 1 aromatic rings. The fourth-order valence-corrected chi connectivity index (χ4v) is 2.57. The minimum Gasteiger partial charge on any atom is -0.497 e. The SMILES string of the molecule is COc1ccc(/C=C/C2CC(S(C)(=O)=O)=[N+]([O-])O2)cc1. The van der Waals surface area contributed by atoms with Crippen molar-refractivity contribution in [2.45, 2.75) is 12.5 Å². The average Bonchev–Trinajstić information content (AvgIpc) is 2.78. The Bertz CT molecular complexity index is 646. The van der Waals surface area contributed by atoms with E-state index in [1.807, 2.05) is 24.3 Å². The molecule has 1 atom stereocenters. The van der Waals surface area contributed by atoms with Crippen LogP contribution in [0.15, 0.2) is 30.3 Å². The molecule has 0 saturated carbocycles. The zero-order valence-corrected chi connectivity index (χ0v) is 12.0. The molecule has 0 aromatic heterocycles. The molecule has 108 valence electrons. The van der Waals surface area contributed by atoms with Gasteiger partial charge in [-0.25, -0.2) is 8.42 Å². The van der Waals surface area contributed by atoms with Gasteiger partial charge in [-0.1, -0.05) is 24.3 Å². The lowest BCUT2D eigenvalue weighted by atomic mass is 10.1. The van der Waals surface area contributed by atoms with Gasteiger partial charge in [-0.05, 0) is 17.7 Å². The molecule has 0 saturated heterocycles. The van der Waals surface area contributed by atoms with Crippen molar-refractivity contribution < 1.29 is 22.9 Å². The lowest BCUT2D eigenvalue weighted by Crippen LogP contribution is -2.17. The molecule has 7 heteroatoms. The Morgan fingerprint density at radius 1 is 1.40 bits per heavy atom. The Kier molecular flexibility index (Phi) is 3.99. The summed E-state index contributed by atoms with van der Waals surface area (Å²) in [5.41, 5.74) is 0.902. The number of methoxy groups -OCH3 is 1. The van der Waals surface area contributed by atoms with Gasteiger partial charge in [0.1, 0.15) is 5.75 Å². The van der Waals surface area contributed by atoms with Gasteiger partial charge < -0.3 is 9.57 Å². The molecule has 1 aliphatic heterocycles. The molecular formula is C13H15NO5S. The molecule has 1 heterocycles. The highest BCUT2D eigenvalue weighted by Crippen LogP contribution is 2.17. The summed E-state index contributed by atoms with van der Waals surface area (Å²) < 4.78 is 27.7. The molecule has 0 aliphatic carbocycles. The van der Waals surface area contributed by atoms with Crippen LogP contribution in [0.5, 0.6) is 5.75 Å². The second-order valence-corrected chi connectivity index (χ2v) is 6.42. The van der Waals surface area contributed by atoms with Gasteiger partial charge in [0, 0.05) is 6.26 Å². The molecule has 0 amide bonds. The van der Waals surface area contributed by atoms with E-state index >= 15 is 0 Å². The van der Waals surface area contributed by atoms with Crippen LogP contribution in [0.25, 0.3) is 6.08 Å². The first kappa shape index (κ1) is 14.4. The van der Waals surface area contributed by atoms with Crippen LogP contribution in [-0.4, -0.2) is 37.8 Å². The van der Waals surface area contributed by atoms with Gasteiger partial charge in [0.15, 0.2) is 0 Å². The summed E-state index contributed by atoms with van der Waals surface area (Å²) in [6.07, 6.45) is 3.90. The molecule has 20 heavy (non-hydrogen) atoms. The van der Waals surface area contributed by atoms with E-state index in [9.17, 15) is 13.6 Å². The first-order chi connectivity index (χ1) is 9.40. The van der Waals surface area contributed by atoms with Gasteiger partial charge in [-0.2, -0.15) is 0 Å². The second kappa shape index (κ2) is 5.54. The van der Waals surface area contributed by atoms with Crippen LogP contribution >= 0.6 is 0 Å². The summed E-state index contributed by atoms with van der Waals surface area (Å²) >= 11 is 0. The quantitative estimate of drug-likeness (QED) is 0.787. The van der Waals surface area contributed by atoms with Crippen molar-refractivity contribution in [1.82, 2.24) is 0 Å². The maximum absolute atomic E-state index is 11.4. The number of ether oxygens (including phenoxy) is 1. The first-order valence-electron chi connectivity index (χ1n) is 5.92. The van der Waals surface area contributed by atoms with Crippen LogP contribution < -0.4 is 4.74 Å². The van der Waals surface area contributed by atoms with Crippen LogP contribution in [0, 0.1) is 5.21 Å². The summed E-state index contributed by atoms with van der Waals surface area (Å²) in [6.45, 7) is 0. The average molecular weight is 297 g/mol. The van der Waals surface area contributed by atoms with Crippen LogP contribution in [0.2, 0.25) is 0 Å². The molecule has 6 nitrogen and oxygen atoms in total. The Hall–Kier alpha value is -2.02. The minimum absolute atomic E-state index is 0.0506. The van der Waals surface area contributed by atoms with Gasteiger partial charge >= 0.3 is 5.04 Å². The molecule has 0 radical (unpaired) electrons. The number of sulfone groups is 1. The van der Waals surface area contributed by atoms with Crippen molar-refractivity contribution in [1.29, 1.82) is 0 Å². The fraction of sp³-hybridized carbons (Fsp3) is 0.308. The van der Waals surface area contributed by atoms with Crippen LogP contribution in [-0.2, 0) is 14.7 Å². The molecule has 0 bridgehead atoms. The van der Waals surface area contributed by atoms with E-state index in [1.165, 1.54) is 0 Å². The summed E-state index contributed by atoms with van der Waals surface area (Å²) in [5, 5.41) is 11.1. The monoisotopic (exact) mass is 297 g/mol. The zero-order valence-electron chi connectivity index (χ0n) is 11.1. The Morgan fingerprint density at radius 2 is 2.05 bits per heavy atom. The van der Waals surface area contributed by atoms with Gasteiger partial charge in [0.25, 0.3) is 0 Å². The van der Waals surface area contributed by atoms with E-state index in [-0.39, 0.29) is 16.4 Å². The lowest BCUT2D eigenvalue weighted by molar-refractivity contribution is -0.736. The summed E-state index contributed by atoms with van der Waals surface area (Å²) in [5.74, 6) is 0.748. The largest absolute Gasteiger partial charge is 0.497 e. The Labute approximate surface area is 117 Å². The molecule has 1 aromatic carbocycles. The molecule has 1 aliphatic rings. The number of benzene rings is 1. The van der Waals surface area contributed by atoms with E-state index < -0.39 is 15.9 Å². The van der Waals surface area contributed by atoms with E-state index in [2.05, 4.69) is 0 Å². The Morgan fingerprint density at radius 3 is 2.55 bits per heavy atom. The third-order valence-electron chi connectivity index (χ3n) is 2.86. The lowest BCUT2D eigenvalue weighted by Gasteiger charge is -2.05. The van der Waals surface area contributed by atoms with Gasteiger partial charge in [0.05, 0.1) is 24.5 Å². The van der Waals surface area contributed by atoms with Gasteiger partial charge in [-0.3, -0.25) is 5.21 Å². The smallest absolute Gasteiger partial charge is 0.335 e. The molecule has 1 unspecified atom stereocenters. The minimum atomic E-state index is -3.52. The predicted octanol–water partition coefficient (Wildman–Crippen LogP) is 1.37.